The van der Waals surface area contributed by atoms with Crippen LogP contribution in [-0.2, 0) is 18.3 Å². The largest absolute Gasteiger partial charge is 0.316 e. The Kier molecular flexibility index (Phi) is 5.38. The van der Waals surface area contributed by atoms with Gasteiger partial charge in [0.2, 0.25) is 0 Å². The number of piperidine rings is 1. The Morgan fingerprint density at radius 2 is 2.35 bits per heavy atom. The molecular weight excluding hydrogens is 318 g/mol. The Hall–Kier alpha value is -0.680. The zero-order valence-corrected chi connectivity index (χ0v) is 14.2. The molecule has 1 saturated heterocycles. The van der Waals surface area contributed by atoms with Crippen molar-refractivity contribution in [1.82, 2.24) is 15.1 Å². The van der Waals surface area contributed by atoms with E-state index in [4.69, 9.17) is 0 Å². The highest BCUT2D eigenvalue weighted by Crippen LogP contribution is 2.25. The van der Waals surface area contributed by atoms with Crippen molar-refractivity contribution in [2.45, 2.75) is 39.5 Å². The fraction of sp³-hybridized carbons (Fsp3) is 0.733. The van der Waals surface area contributed by atoms with Crippen LogP contribution < -0.4 is 5.32 Å². The molecule has 1 aliphatic rings. The Labute approximate surface area is 129 Å². The molecule has 1 N–H and O–H groups in total. The standard InChI is InChI=1S/C15H24BrN3O/c1-10(12-5-4-6-17-9-12)7-13(20)8-14-15(16)11(2)18-19(14)3/h10,12,17H,4-9H2,1-3H3. The van der Waals surface area contributed by atoms with Crippen molar-refractivity contribution in [2.75, 3.05) is 13.1 Å². The van der Waals surface area contributed by atoms with E-state index in [-0.39, 0.29) is 0 Å². The second-order valence-corrected chi connectivity index (χ2v) is 6.77. The van der Waals surface area contributed by atoms with Gasteiger partial charge in [0.1, 0.15) is 5.78 Å². The first-order valence-corrected chi connectivity index (χ1v) is 8.18. The Bertz CT molecular complexity index is 478. The number of aryl methyl sites for hydroxylation is 2. The number of hydrogen-bond donors (Lipinski definition) is 1. The topological polar surface area (TPSA) is 46.9 Å². The molecule has 1 aliphatic heterocycles. The monoisotopic (exact) mass is 341 g/mol. The van der Waals surface area contributed by atoms with Crippen molar-refractivity contribution in [3.63, 3.8) is 0 Å². The molecule has 2 rings (SSSR count). The Balaban J connectivity index is 1.91. The molecule has 0 spiro atoms. The second-order valence-electron chi connectivity index (χ2n) is 5.97. The van der Waals surface area contributed by atoms with Crippen LogP contribution in [0.3, 0.4) is 0 Å². The number of carbonyl (C=O) groups excluding carboxylic acids is 1. The minimum absolute atomic E-state index is 0.312. The summed E-state index contributed by atoms with van der Waals surface area (Å²) in [5.41, 5.74) is 1.93. The van der Waals surface area contributed by atoms with Crippen LogP contribution in [-0.4, -0.2) is 28.7 Å². The van der Waals surface area contributed by atoms with Gasteiger partial charge in [-0.05, 0) is 60.6 Å². The maximum absolute atomic E-state index is 12.3. The molecule has 0 aliphatic carbocycles. The minimum Gasteiger partial charge on any atom is -0.316 e. The first kappa shape index (κ1) is 15.7. The molecule has 1 aromatic rings. The Morgan fingerprint density at radius 1 is 1.60 bits per heavy atom. The summed E-state index contributed by atoms with van der Waals surface area (Å²) in [6, 6.07) is 0. The zero-order chi connectivity index (χ0) is 14.7. The maximum Gasteiger partial charge on any atom is 0.139 e. The number of ketones is 1. The van der Waals surface area contributed by atoms with Gasteiger partial charge in [-0.15, -0.1) is 0 Å². The molecule has 112 valence electrons. The van der Waals surface area contributed by atoms with Gasteiger partial charge in [0.15, 0.2) is 0 Å². The van der Waals surface area contributed by atoms with Crippen LogP contribution in [0.25, 0.3) is 0 Å². The summed E-state index contributed by atoms with van der Waals surface area (Å²) in [6.45, 7) is 6.34. The SMILES string of the molecule is Cc1nn(C)c(CC(=O)CC(C)C2CCCNC2)c1Br. The van der Waals surface area contributed by atoms with E-state index in [0.29, 0.717) is 30.5 Å². The predicted molar refractivity (Wildman–Crippen MR) is 83.7 cm³/mol. The highest BCUT2D eigenvalue weighted by molar-refractivity contribution is 9.10. The van der Waals surface area contributed by atoms with Gasteiger partial charge in [-0.2, -0.15) is 5.10 Å². The lowest BCUT2D eigenvalue weighted by molar-refractivity contribution is -0.119. The van der Waals surface area contributed by atoms with Crippen molar-refractivity contribution >= 4 is 21.7 Å². The molecule has 0 saturated carbocycles. The van der Waals surface area contributed by atoms with Crippen LogP contribution in [0.1, 0.15) is 37.6 Å². The average molecular weight is 342 g/mol. The van der Waals surface area contributed by atoms with Crippen LogP contribution in [0, 0.1) is 18.8 Å². The van der Waals surface area contributed by atoms with Crippen molar-refractivity contribution in [3.8, 4) is 0 Å². The summed E-state index contributed by atoms with van der Waals surface area (Å²) in [5, 5.41) is 7.77. The number of nitrogens with one attached hydrogen (secondary N) is 1. The number of aromatic nitrogens is 2. The normalized spacial score (nSPS) is 20.9. The summed E-state index contributed by atoms with van der Waals surface area (Å²) in [6.07, 6.45) is 3.62. The predicted octanol–water partition coefficient (Wildman–Crippen LogP) is 2.63. The summed E-state index contributed by atoms with van der Waals surface area (Å²) >= 11 is 3.53. The Morgan fingerprint density at radius 3 is 2.90 bits per heavy atom. The molecule has 20 heavy (non-hydrogen) atoms. The van der Waals surface area contributed by atoms with Crippen molar-refractivity contribution in [2.24, 2.45) is 18.9 Å². The molecule has 2 unspecified atom stereocenters. The van der Waals surface area contributed by atoms with Gasteiger partial charge in [-0.25, -0.2) is 0 Å². The summed E-state index contributed by atoms with van der Waals surface area (Å²) in [4.78, 5) is 12.3. The molecular formula is C15H24BrN3O. The van der Waals surface area contributed by atoms with E-state index in [1.807, 2.05) is 18.7 Å². The third-order valence-electron chi connectivity index (χ3n) is 4.32. The van der Waals surface area contributed by atoms with Crippen LogP contribution in [0.2, 0.25) is 0 Å². The van der Waals surface area contributed by atoms with E-state index in [0.717, 1.165) is 29.0 Å². The van der Waals surface area contributed by atoms with E-state index in [1.54, 1.807) is 0 Å². The fourth-order valence-corrected chi connectivity index (χ4v) is 3.50. The molecule has 1 aromatic heterocycles. The first-order chi connectivity index (χ1) is 9.49. The van der Waals surface area contributed by atoms with E-state index in [9.17, 15) is 4.79 Å². The van der Waals surface area contributed by atoms with Crippen molar-refractivity contribution in [3.05, 3.63) is 15.9 Å². The summed E-state index contributed by atoms with van der Waals surface area (Å²) < 4.78 is 2.78. The van der Waals surface area contributed by atoms with Crippen molar-refractivity contribution < 1.29 is 4.79 Å². The summed E-state index contributed by atoms with van der Waals surface area (Å²) in [5.74, 6) is 1.42. The lowest BCUT2D eigenvalue weighted by Gasteiger charge is -2.28. The molecule has 0 amide bonds. The molecule has 0 aromatic carbocycles. The molecule has 4 nitrogen and oxygen atoms in total. The van der Waals surface area contributed by atoms with Gasteiger partial charge in [-0.3, -0.25) is 9.48 Å². The summed E-state index contributed by atoms with van der Waals surface area (Å²) in [7, 11) is 1.90. The molecule has 2 atom stereocenters. The smallest absolute Gasteiger partial charge is 0.139 e. The number of Topliss-reactive ketones (excluding diaryl/α,β-unsaturated/α-hetero) is 1. The van der Waals surface area contributed by atoms with E-state index < -0.39 is 0 Å². The molecule has 5 heteroatoms. The lowest BCUT2D eigenvalue weighted by atomic mass is 9.84. The van der Waals surface area contributed by atoms with Crippen LogP contribution >= 0.6 is 15.9 Å². The van der Waals surface area contributed by atoms with Gasteiger partial charge in [-0.1, -0.05) is 6.92 Å². The van der Waals surface area contributed by atoms with Gasteiger partial charge >= 0.3 is 0 Å². The number of nitrogens with zero attached hydrogens (tertiary/aromatic N) is 2. The highest BCUT2D eigenvalue weighted by atomic mass is 79.9. The highest BCUT2D eigenvalue weighted by Gasteiger charge is 2.23. The third kappa shape index (κ3) is 3.70. The first-order valence-electron chi connectivity index (χ1n) is 7.39. The van der Waals surface area contributed by atoms with Gasteiger partial charge < -0.3 is 5.32 Å². The zero-order valence-electron chi connectivity index (χ0n) is 12.6. The van der Waals surface area contributed by atoms with E-state index in [2.05, 4.69) is 33.3 Å². The number of rotatable bonds is 5. The molecule has 0 bridgehead atoms. The number of carbonyl (C=O) groups is 1. The second kappa shape index (κ2) is 6.85. The quantitative estimate of drug-likeness (QED) is 0.895. The molecule has 2 heterocycles. The fourth-order valence-electron chi connectivity index (χ4n) is 3.02. The van der Waals surface area contributed by atoms with Gasteiger partial charge in [0, 0.05) is 19.9 Å². The van der Waals surface area contributed by atoms with Crippen LogP contribution in [0.5, 0.6) is 0 Å². The minimum atomic E-state index is 0.312. The van der Waals surface area contributed by atoms with Crippen LogP contribution in [0.4, 0.5) is 0 Å². The third-order valence-corrected chi connectivity index (χ3v) is 5.35. The number of hydrogen-bond acceptors (Lipinski definition) is 3. The van der Waals surface area contributed by atoms with Crippen LogP contribution in [0.15, 0.2) is 4.47 Å². The van der Waals surface area contributed by atoms with Gasteiger partial charge in [0.05, 0.1) is 15.9 Å². The van der Waals surface area contributed by atoms with Crippen molar-refractivity contribution in [1.29, 1.82) is 0 Å². The van der Waals surface area contributed by atoms with Gasteiger partial charge in [0.25, 0.3) is 0 Å². The molecule has 0 radical (unpaired) electrons. The number of halogens is 1. The maximum atomic E-state index is 12.3. The lowest BCUT2D eigenvalue weighted by Crippen LogP contribution is -2.34. The average Bonchev–Trinajstić information content (AvgIpc) is 2.66. The van der Waals surface area contributed by atoms with E-state index in [1.165, 1.54) is 12.8 Å². The van der Waals surface area contributed by atoms with E-state index >= 15 is 0 Å². The molecule has 1 fully saturated rings.